The molecule has 0 amide bonds. The first-order chi connectivity index (χ1) is 22.3. The molecule has 5 nitrogen and oxygen atoms in total. The predicted octanol–water partition coefficient (Wildman–Crippen LogP) is 9.33. The molecule has 0 saturated carbocycles. The van der Waals surface area contributed by atoms with Gasteiger partial charge in [-0.1, -0.05) is 59.7 Å². The molecular formula is C40H22N4OPtY-2. The number of benzene rings is 5. The maximum atomic E-state index is 6.45. The molecule has 9 rings (SSSR count). The summed E-state index contributed by atoms with van der Waals surface area (Å²) in [7, 11) is 0. The SMILES string of the molecule is [Pt+2].[Y].[c-]1ccccc1-c1[c-]nc(-n2c3[c-]c(Oc4[c-]c5c(cc4)c4ccccc4n5-c4ccccn4)ccc3c3ccccc32)cc1. The zero-order chi connectivity index (χ0) is 29.7. The first-order valence-corrected chi connectivity index (χ1v) is 14.7. The van der Waals surface area contributed by atoms with Crippen LogP contribution in [0, 0.1) is 24.4 Å². The van der Waals surface area contributed by atoms with Gasteiger partial charge < -0.3 is 18.9 Å². The molecule has 47 heavy (non-hydrogen) atoms. The van der Waals surface area contributed by atoms with Crippen LogP contribution in [-0.2, 0) is 53.8 Å². The number of para-hydroxylation sites is 2. The quantitative estimate of drug-likeness (QED) is 0.162. The van der Waals surface area contributed by atoms with Crippen LogP contribution in [-0.4, -0.2) is 19.1 Å². The van der Waals surface area contributed by atoms with Crippen LogP contribution < -0.4 is 4.74 Å². The van der Waals surface area contributed by atoms with Gasteiger partial charge >= 0.3 is 21.1 Å². The third-order valence-electron chi connectivity index (χ3n) is 8.13. The van der Waals surface area contributed by atoms with Gasteiger partial charge in [-0.05, 0) is 35.0 Å². The molecule has 0 aliphatic heterocycles. The molecule has 0 aliphatic rings. The largest absolute Gasteiger partial charge is 2.00 e. The number of ether oxygens (including phenoxy) is 1. The van der Waals surface area contributed by atoms with E-state index in [1.807, 2.05) is 78.9 Å². The molecule has 5 aromatic carbocycles. The summed E-state index contributed by atoms with van der Waals surface area (Å²) in [6.07, 6.45) is 5.02. The Morgan fingerprint density at radius 2 is 1.15 bits per heavy atom. The van der Waals surface area contributed by atoms with E-state index in [1.165, 1.54) is 0 Å². The molecule has 0 spiro atoms. The summed E-state index contributed by atoms with van der Waals surface area (Å²) in [5.41, 5.74) is 5.72. The van der Waals surface area contributed by atoms with E-state index < -0.39 is 0 Å². The Morgan fingerprint density at radius 1 is 0.532 bits per heavy atom. The Balaban J connectivity index is 0.00000176. The summed E-state index contributed by atoms with van der Waals surface area (Å²) >= 11 is 0. The van der Waals surface area contributed by atoms with Crippen molar-refractivity contribution in [3.8, 4) is 34.3 Å². The van der Waals surface area contributed by atoms with Crippen molar-refractivity contribution in [3.63, 3.8) is 0 Å². The fourth-order valence-electron chi connectivity index (χ4n) is 6.13. The Kier molecular flexibility index (Phi) is 8.63. The summed E-state index contributed by atoms with van der Waals surface area (Å²) in [5.74, 6) is 2.76. The van der Waals surface area contributed by atoms with Crippen LogP contribution in [0.1, 0.15) is 0 Å². The number of hydrogen-bond acceptors (Lipinski definition) is 3. The number of hydrogen-bond donors (Lipinski definition) is 0. The first kappa shape index (κ1) is 31.2. The Labute approximate surface area is 311 Å². The molecule has 9 aromatic rings. The zero-order valence-electron chi connectivity index (χ0n) is 24.8. The van der Waals surface area contributed by atoms with E-state index in [0.717, 1.165) is 66.4 Å². The molecule has 1 radical (unpaired) electrons. The van der Waals surface area contributed by atoms with Gasteiger partial charge in [-0.3, -0.25) is 0 Å². The molecule has 0 fully saturated rings. The van der Waals surface area contributed by atoms with Crippen molar-refractivity contribution in [1.29, 1.82) is 0 Å². The fourth-order valence-corrected chi connectivity index (χ4v) is 6.13. The maximum Gasteiger partial charge on any atom is 2.00 e. The molecule has 4 heterocycles. The molecule has 0 bridgehead atoms. The van der Waals surface area contributed by atoms with Crippen LogP contribution in [0.4, 0.5) is 0 Å². The van der Waals surface area contributed by atoms with Gasteiger partial charge in [0, 0.05) is 67.3 Å². The number of pyridine rings is 2. The van der Waals surface area contributed by atoms with Crippen molar-refractivity contribution < 1.29 is 58.5 Å². The average Bonchev–Trinajstić information content (AvgIpc) is 3.61. The van der Waals surface area contributed by atoms with Crippen molar-refractivity contribution >= 4 is 43.6 Å². The minimum Gasteiger partial charge on any atom is -0.509 e. The predicted molar refractivity (Wildman–Crippen MR) is 178 cm³/mol. The van der Waals surface area contributed by atoms with Crippen molar-refractivity contribution in [2.24, 2.45) is 0 Å². The summed E-state index contributed by atoms with van der Waals surface area (Å²) in [4.78, 5) is 9.38. The van der Waals surface area contributed by atoms with Crippen molar-refractivity contribution in [2.45, 2.75) is 0 Å². The topological polar surface area (TPSA) is 44.9 Å². The van der Waals surface area contributed by atoms with Crippen LogP contribution in [0.5, 0.6) is 11.5 Å². The monoisotopic (exact) mass is 858 g/mol. The van der Waals surface area contributed by atoms with Crippen LogP contribution in [0.25, 0.3) is 66.4 Å². The van der Waals surface area contributed by atoms with E-state index in [9.17, 15) is 0 Å². The number of nitrogens with zero attached hydrogens (tertiary/aromatic N) is 4. The number of aromatic nitrogens is 4. The van der Waals surface area contributed by atoms with Gasteiger partial charge in [0.2, 0.25) is 0 Å². The van der Waals surface area contributed by atoms with E-state index in [-0.39, 0.29) is 53.8 Å². The van der Waals surface area contributed by atoms with Gasteiger partial charge in [0.05, 0.1) is 0 Å². The molecule has 7 heteroatoms. The second kappa shape index (κ2) is 13.0. The molecule has 0 aliphatic carbocycles. The van der Waals surface area contributed by atoms with E-state index in [0.29, 0.717) is 11.5 Å². The van der Waals surface area contributed by atoms with E-state index in [1.54, 1.807) is 6.20 Å². The third kappa shape index (κ3) is 5.43. The van der Waals surface area contributed by atoms with Gasteiger partial charge in [0.1, 0.15) is 5.82 Å². The van der Waals surface area contributed by atoms with Crippen LogP contribution in [0.2, 0.25) is 0 Å². The van der Waals surface area contributed by atoms with Crippen LogP contribution in [0.15, 0.2) is 134 Å². The normalized spacial score (nSPS) is 11.1. The summed E-state index contributed by atoms with van der Waals surface area (Å²) in [6.45, 7) is 0. The van der Waals surface area contributed by atoms with Gasteiger partial charge in [-0.2, -0.15) is 42.5 Å². The van der Waals surface area contributed by atoms with Gasteiger partial charge in [0.25, 0.3) is 0 Å². The van der Waals surface area contributed by atoms with Crippen LogP contribution >= 0.6 is 0 Å². The maximum absolute atomic E-state index is 6.45. The minimum absolute atomic E-state index is 0. The fraction of sp³-hybridized carbons (Fsp3) is 0. The zero-order valence-corrected chi connectivity index (χ0v) is 29.9. The standard InChI is InChI=1S/C40H22N4O.Pt.Y/c1-2-10-27(11-3-1)28-17-22-40(42-26-28)44-36-15-7-5-13-32(36)34-21-19-30(25-38(34)44)45-29-18-20-33-31-12-4-6-14-35(31)43(37(33)24-29)39-16-8-9-23-41-39;;/h1-10,12-23H;;/q-4;+2;. The Bertz CT molecular complexity index is 2510. The molecule has 0 saturated heterocycles. The Hall–Kier alpha value is -4.41. The summed E-state index contributed by atoms with van der Waals surface area (Å²) < 4.78 is 10.7. The first-order valence-electron chi connectivity index (χ1n) is 14.7. The molecule has 4 aromatic heterocycles. The van der Waals surface area contributed by atoms with Gasteiger partial charge in [-0.15, -0.1) is 47.2 Å². The number of rotatable bonds is 5. The smallest absolute Gasteiger partial charge is 0.509 e. The van der Waals surface area contributed by atoms with Crippen molar-refractivity contribution in [2.75, 3.05) is 0 Å². The van der Waals surface area contributed by atoms with E-state index >= 15 is 0 Å². The van der Waals surface area contributed by atoms with Gasteiger partial charge in [0.15, 0.2) is 0 Å². The summed E-state index contributed by atoms with van der Waals surface area (Å²) in [6, 6.07) is 52.9. The summed E-state index contributed by atoms with van der Waals surface area (Å²) in [5, 5.41) is 4.40. The van der Waals surface area contributed by atoms with Crippen molar-refractivity contribution in [1.82, 2.24) is 19.1 Å². The van der Waals surface area contributed by atoms with Gasteiger partial charge in [-0.25, -0.2) is 16.1 Å². The molecule has 223 valence electrons. The number of fused-ring (bicyclic) bond motifs is 6. The molecular weight excluding hydrogens is 836 g/mol. The third-order valence-corrected chi connectivity index (χ3v) is 8.13. The molecule has 0 N–H and O–H groups in total. The second-order valence-corrected chi connectivity index (χ2v) is 10.8. The van der Waals surface area contributed by atoms with E-state index in [2.05, 4.69) is 87.0 Å². The second-order valence-electron chi connectivity index (χ2n) is 10.8. The van der Waals surface area contributed by atoms with E-state index in [4.69, 9.17) is 9.72 Å². The van der Waals surface area contributed by atoms with Crippen molar-refractivity contribution in [3.05, 3.63) is 158 Å². The minimum atomic E-state index is 0. The molecule has 0 unspecified atom stereocenters. The molecule has 0 atom stereocenters. The Morgan fingerprint density at radius 3 is 1.72 bits per heavy atom. The average molecular weight is 859 g/mol. The van der Waals surface area contributed by atoms with Crippen LogP contribution in [0.3, 0.4) is 0 Å².